The van der Waals surface area contributed by atoms with Crippen molar-refractivity contribution in [2.24, 2.45) is 11.8 Å². The topological polar surface area (TPSA) is 71.2 Å². The first kappa shape index (κ1) is 20.1. The molecule has 6 heteroatoms. The van der Waals surface area contributed by atoms with Gasteiger partial charge in [0.2, 0.25) is 0 Å². The van der Waals surface area contributed by atoms with Crippen molar-refractivity contribution in [1.82, 2.24) is 10.3 Å². The molecule has 2 heterocycles. The number of ketones is 1. The molecular formula is C23H29FN2O3. The summed E-state index contributed by atoms with van der Waals surface area (Å²) in [4.78, 5) is 27.7. The minimum absolute atomic E-state index is 0.0973. The first-order valence-corrected chi connectivity index (χ1v) is 10.8. The SMILES string of the molecule is CCOC(=O)c1[nH]c2ccc(CC(=O)[C@H]3NCC[C@H]3C3CCCCC3)cc2c1F. The molecule has 29 heavy (non-hydrogen) atoms. The van der Waals surface area contributed by atoms with Gasteiger partial charge in [-0.1, -0.05) is 38.2 Å². The van der Waals surface area contributed by atoms with Crippen molar-refractivity contribution >= 4 is 22.7 Å². The van der Waals surface area contributed by atoms with Crippen molar-refractivity contribution in [2.45, 2.75) is 57.9 Å². The maximum Gasteiger partial charge on any atom is 0.357 e. The third-order valence-electron chi connectivity index (χ3n) is 6.53. The maximum absolute atomic E-state index is 14.7. The summed E-state index contributed by atoms with van der Waals surface area (Å²) in [6.45, 7) is 2.76. The van der Waals surface area contributed by atoms with Crippen LogP contribution in [0.1, 0.15) is 61.5 Å². The largest absolute Gasteiger partial charge is 0.461 e. The molecule has 1 saturated carbocycles. The maximum atomic E-state index is 14.7. The number of H-pyrrole nitrogens is 1. The second kappa shape index (κ2) is 8.66. The van der Waals surface area contributed by atoms with E-state index in [2.05, 4.69) is 10.3 Å². The van der Waals surface area contributed by atoms with Crippen molar-refractivity contribution in [2.75, 3.05) is 13.2 Å². The van der Waals surface area contributed by atoms with E-state index in [9.17, 15) is 14.0 Å². The van der Waals surface area contributed by atoms with Crippen LogP contribution < -0.4 is 5.32 Å². The van der Waals surface area contributed by atoms with Gasteiger partial charge >= 0.3 is 5.97 Å². The van der Waals surface area contributed by atoms with E-state index in [0.29, 0.717) is 22.7 Å². The molecule has 1 aliphatic heterocycles. The Labute approximate surface area is 170 Å². The molecule has 2 N–H and O–H groups in total. The molecule has 0 bridgehead atoms. The van der Waals surface area contributed by atoms with Gasteiger partial charge in [0, 0.05) is 17.3 Å². The Bertz CT molecular complexity index is 901. The molecule has 1 aromatic carbocycles. The Morgan fingerprint density at radius 3 is 2.72 bits per heavy atom. The number of ether oxygens (including phenoxy) is 1. The average Bonchev–Trinajstić information content (AvgIpc) is 3.34. The first-order valence-electron chi connectivity index (χ1n) is 10.8. The van der Waals surface area contributed by atoms with Gasteiger partial charge in [-0.15, -0.1) is 0 Å². The van der Waals surface area contributed by atoms with Crippen LogP contribution in [0.2, 0.25) is 0 Å². The highest BCUT2D eigenvalue weighted by molar-refractivity contribution is 5.96. The zero-order valence-corrected chi connectivity index (χ0v) is 16.9. The average molecular weight is 400 g/mol. The number of hydrogen-bond acceptors (Lipinski definition) is 4. The monoisotopic (exact) mass is 400 g/mol. The number of benzene rings is 1. The Balaban J connectivity index is 1.50. The van der Waals surface area contributed by atoms with Gasteiger partial charge in [-0.3, -0.25) is 4.79 Å². The van der Waals surface area contributed by atoms with Crippen molar-refractivity contribution < 1.29 is 18.7 Å². The number of carbonyl (C=O) groups is 2. The van der Waals surface area contributed by atoms with Crippen molar-refractivity contribution in [3.63, 3.8) is 0 Å². The quantitative estimate of drug-likeness (QED) is 0.715. The summed E-state index contributed by atoms with van der Waals surface area (Å²) in [7, 11) is 0. The van der Waals surface area contributed by atoms with Crippen LogP contribution >= 0.6 is 0 Å². The lowest BCUT2D eigenvalue weighted by Crippen LogP contribution is -2.40. The van der Waals surface area contributed by atoms with E-state index < -0.39 is 11.8 Å². The molecule has 0 amide bonds. The minimum Gasteiger partial charge on any atom is -0.461 e. The zero-order valence-electron chi connectivity index (χ0n) is 16.9. The number of nitrogens with one attached hydrogen (secondary N) is 2. The van der Waals surface area contributed by atoms with Gasteiger partial charge in [0.15, 0.2) is 17.3 Å². The molecule has 1 aliphatic carbocycles. The minimum atomic E-state index is -0.704. The van der Waals surface area contributed by atoms with Gasteiger partial charge in [-0.2, -0.15) is 0 Å². The summed E-state index contributed by atoms with van der Waals surface area (Å²) in [6, 6.07) is 5.13. The highest BCUT2D eigenvalue weighted by atomic mass is 19.1. The third-order valence-corrected chi connectivity index (χ3v) is 6.53. The van der Waals surface area contributed by atoms with Gasteiger partial charge in [0.25, 0.3) is 0 Å². The van der Waals surface area contributed by atoms with Crippen LogP contribution in [0.3, 0.4) is 0 Å². The van der Waals surface area contributed by atoms with Gasteiger partial charge in [0.1, 0.15) is 0 Å². The van der Waals surface area contributed by atoms with Crippen LogP contribution in [0.15, 0.2) is 18.2 Å². The zero-order chi connectivity index (χ0) is 20.4. The summed E-state index contributed by atoms with van der Waals surface area (Å²) in [5.41, 5.74) is 1.13. The molecule has 2 atom stereocenters. The summed E-state index contributed by atoms with van der Waals surface area (Å²) >= 11 is 0. The first-order chi connectivity index (χ1) is 14.1. The van der Waals surface area contributed by atoms with E-state index in [1.807, 2.05) is 6.07 Å². The standard InChI is InChI=1S/C23H29FN2O3/c1-2-29-23(28)22-20(24)17-12-14(8-9-18(17)26-22)13-19(27)21-16(10-11-25-21)15-6-4-3-5-7-15/h8-9,12,15-16,21,25-26H,2-7,10-11,13H2,1H3/t16-,21-/m0/s1. The third kappa shape index (κ3) is 4.08. The van der Waals surface area contributed by atoms with E-state index in [4.69, 9.17) is 4.74 Å². The molecule has 156 valence electrons. The number of esters is 1. The molecule has 1 saturated heterocycles. The van der Waals surface area contributed by atoms with E-state index in [1.165, 1.54) is 32.1 Å². The van der Waals surface area contributed by atoms with Gasteiger partial charge in [-0.05, 0) is 49.4 Å². The summed E-state index contributed by atoms with van der Waals surface area (Å²) < 4.78 is 19.6. The number of Topliss-reactive ketones (excluding diaryl/α,β-unsaturated/α-hetero) is 1. The van der Waals surface area contributed by atoms with Crippen LogP contribution in [-0.2, 0) is 16.0 Å². The number of fused-ring (bicyclic) bond motifs is 1. The number of halogens is 1. The normalized spacial score (nSPS) is 22.8. The van der Waals surface area contributed by atoms with Crippen LogP contribution in [0.5, 0.6) is 0 Å². The van der Waals surface area contributed by atoms with Gasteiger partial charge < -0.3 is 15.0 Å². The predicted molar refractivity (Wildman–Crippen MR) is 109 cm³/mol. The molecule has 2 aromatic rings. The number of aromatic amines is 1. The number of rotatable bonds is 6. The van der Waals surface area contributed by atoms with Crippen LogP contribution in [-0.4, -0.2) is 35.9 Å². The highest BCUT2D eigenvalue weighted by Crippen LogP contribution is 2.36. The van der Waals surface area contributed by atoms with E-state index in [1.54, 1.807) is 19.1 Å². The molecule has 0 unspecified atom stereocenters. The molecule has 5 nitrogen and oxygen atoms in total. The lowest BCUT2D eigenvalue weighted by Gasteiger charge is -2.30. The van der Waals surface area contributed by atoms with Crippen molar-refractivity contribution in [1.29, 1.82) is 0 Å². The van der Waals surface area contributed by atoms with E-state index in [0.717, 1.165) is 18.5 Å². The fourth-order valence-corrected chi connectivity index (χ4v) is 5.12. The lowest BCUT2D eigenvalue weighted by atomic mass is 9.75. The molecular weight excluding hydrogens is 371 g/mol. The van der Waals surface area contributed by atoms with E-state index in [-0.39, 0.29) is 30.5 Å². The summed E-state index contributed by atoms with van der Waals surface area (Å²) in [5.74, 6) is -0.0783. The molecule has 2 fully saturated rings. The second-order valence-corrected chi connectivity index (χ2v) is 8.34. The highest BCUT2D eigenvalue weighted by Gasteiger charge is 2.37. The Morgan fingerprint density at radius 2 is 1.97 bits per heavy atom. The summed E-state index contributed by atoms with van der Waals surface area (Å²) in [5, 5.41) is 3.74. The predicted octanol–water partition coefficient (Wildman–Crippen LogP) is 4.15. The number of hydrogen-bond donors (Lipinski definition) is 2. The van der Waals surface area contributed by atoms with Crippen molar-refractivity contribution in [3.8, 4) is 0 Å². The van der Waals surface area contributed by atoms with Gasteiger partial charge in [-0.25, -0.2) is 9.18 Å². The van der Waals surface area contributed by atoms with Crippen LogP contribution in [0.4, 0.5) is 4.39 Å². The molecule has 2 aliphatic rings. The Morgan fingerprint density at radius 1 is 1.17 bits per heavy atom. The van der Waals surface area contributed by atoms with E-state index >= 15 is 0 Å². The Hall–Kier alpha value is -2.21. The number of carbonyl (C=O) groups excluding carboxylic acids is 2. The smallest absolute Gasteiger partial charge is 0.357 e. The molecule has 4 rings (SSSR count). The fourth-order valence-electron chi connectivity index (χ4n) is 5.12. The van der Waals surface area contributed by atoms with Gasteiger partial charge in [0.05, 0.1) is 12.6 Å². The van der Waals surface area contributed by atoms with Crippen LogP contribution in [0.25, 0.3) is 10.9 Å². The fraction of sp³-hybridized carbons (Fsp3) is 0.565. The van der Waals surface area contributed by atoms with Crippen LogP contribution in [0, 0.1) is 17.7 Å². The van der Waals surface area contributed by atoms with Crippen molar-refractivity contribution in [3.05, 3.63) is 35.3 Å². The molecule has 1 aromatic heterocycles. The molecule has 0 radical (unpaired) electrons. The summed E-state index contributed by atoms with van der Waals surface area (Å²) in [6.07, 6.45) is 7.65. The second-order valence-electron chi connectivity index (χ2n) is 8.34. The number of aromatic nitrogens is 1. The lowest BCUT2D eigenvalue weighted by molar-refractivity contribution is -0.121. The Kier molecular flexibility index (Phi) is 5.99. The molecule has 0 spiro atoms.